The number of hydrogen-bond acceptors (Lipinski definition) is 4. The Morgan fingerprint density at radius 2 is 2.22 bits per heavy atom. The summed E-state index contributed by atoms with van der Waals surface area (Å²) in [5.74, 6) is 0.796. The summed E-state index contributed by atoms with van der Waals surface area (Å²) in [5.41, 5.74) is 1.06. The number of rotatable bonds is 8. The van der Waals surface area contributed by atoms with E-state index in [1.807, 2.05) is 25.1 Å². The Hall–Kier alpha value is -0.620. The van der Waals surface area contributed by atoms with Crippen LogP contribution in [-0.4, -0.2) is 38.1 Å². The Morgan fingerprint density at radius 3 is 2.89 bits per heavy atom. The molecule has 0 bridgehead atoms. The summed E-state index contributed by atoms with van der Waals surface area (Å²) >= 11 is 3.44. The SMILES string of the molecule is COCCNCc1cc(Br)ccc1OC(C)CO. The largest absolute Gasteiger partial charge is 0.488 e. The van der Waals surface area contributed by atoms with Crippen molar-refractivity contribution in [3.8, 4) is 5.75 Å². The lowest BCUT2D eigenvalue weighted by atomic mass is 10.2. The van der Waals surface area contributed by atoms with Crippen molar-refractivity contribution in [3.63, 3.8) is 0 Å². The maximum Gasteiger partial charge on any atom is 0.124 e. The average Bonchev–Trinajstić information content (AvgIpc) is 2.37. The highest BCUT2D eigenvalue weighted by atomic mass is 79.9. The Kier molecular flexibility index (Phi) is 7.27. The predicted octanol–water partition coefficient (Wildman–Crippen LogP) is 1.94. The van der Waals surface area contributed by atoms with Crippen LogP contribution in [-0.2, 0) is 11.3 Å². The fourth-order valence-corrected chi connectivity index (χ4v) is 1.86. The van der Waals surface area contributed by atoms with Gasteiger partial charge in [-0.2, -0.15) is 0 Å². The fourth-order valence-electron chi connectivity index (χ4n) is 1.45. The van der Waals surface area contributed by atoms with Gasteiger partial charge in [-0.05, 0) is 25.1 Å². The number of aliphatic hydroxyl groups excluding tert-OH is 1. The molecule has 0 aliphatic heterocycles. The monoisotopic (exact) mass is 317 g/mol. The van der Waals surface area contributed by atoms with E-state index in [9.17, 15) is 0 Å². The van der Waals surface area contributed by atoms with Gasteiger partial charge in [-0.25, -0.2) is 0 Å². The van der Waals surface area contributed by atoms with E-state index in [-0.39, 0.29) is 12.7 Å². The van der Waals surface area contributed by atoms with Crippen LogP contribution >= 0.6 is 15.9 Å². The van der Waals surface area contributed by atoms with Gasteiger partial charge in [0.25, 0.3) is 0 Å². The lowest BCUT2D eigenvalue weighted by molar-refractivity contribution is 0.128. The third kappa shape index (κ3) is 5.35. The van der Waals surface area contributed by atoms with Crippen LogP contribution in [0.4, 0.5) is 0 Å². The molecule has 0 spiro atoms. The molecule has 0 fully saturated rings. The second kappa shape index (κ2) is 8.48. The lowest BCUT2D eigenvalue weighted by Gasteiger charge is -2.16. The zero-order valence-corrected chi connectivity index (χ0v) is 12.4. The molecule has 5 heteroatoms. The molecule has 1 unspecified atom stereocenters. The molecule has 2 N–H and O–H groups in total. The van der Waals surface area contributed by atoms with E-state index in [4.69, 9.17) is 14.6 Å². The molecular formula is C13H20BrNO3. The van der Waals surface area contributed by atoms with Gasteiger partial charge in [0.15, 0.2) is 0 Å². The third-order valence-corrected chi connectivity index (χ3v) is 2.90. The van der Waals surface area contributed by atoms with Crippen LogP contribution in [0.2, 0.25) is 0 Å². The molecule has 0 radical (unpaired) electrons. The number of halogens is 1. The van der Waals surface area contributed by atoms with Crippen LogP contribution in [0.5, 0.6) is 5.75 Å². The predicted molar refractivity (Wildman–Crippen MR) is 74.9 cm³/mol. The lowest BCUT2D eigenvalue weighted by Crippen LogP contribution is -2.21. The molecule has 0 saturated carbocycles. The molecule has 0 amide bonds. The van der Waals surface area contributed by atoms with Crippen LogP contribution in [0.15, 0.2) is 22.7 Å². The number of ether oxygens (including phenoxy) is 2. The van der Waals surface area contributed by atoms with Gasteiger partial charge in [-0.3, -0.25) is 0 Å². The maximum atomic E-state index is 9.02. The summed E-state index contributed by atoms with van der Waals surface area (Å²) in [6.45, 7) is 4.02. The highest BCUT2D eigenvalue weighted by molar-refractivity contribution is 9.10. The van der Waals surface area contributed by atoms with Crippen LogP contribution in [0.3, 0.4) is 0 Å². The van der Waals surface area contributed by atoms with Crippen molar-refractivity contribution in [3.05, 3.63) is 28.2 Å². The van der Waals surface area contributed by atoms with E-state index in [1.54, 1.807) is 7.11 Å². The summed E-state index contributed by atoms with van der Waals surface area (Å²) in [5, 5.41) is 12.3. The standard InChI is InChI=1S/C13H20BrNO3/c1-10(9-16)18-13-4-3-12(14)7-11(13)8-15-5-6-17-2/h3-4,7,10,15-16H,5-6,8-9H2,1-2H3. The van der Waals surface area contributed by atoms with Crippen molar-refractivity contribution >= 4 is 15.9 Å². The first-order valence-electron chi connectivity index (χ1n) is 5.93. The summed E-state index contributed by atoms with van der Waals surface area (Å²) in [6, 6.07) is 5.85. The molecule has 18 heavy (non-hydrogen) atoms. The first kappa shape index (κ1) is 15.4. The van der Waals surface area contributed by atoms with Gasteiger partial charge in [-0.1, -0.05) is 15.9 Å². The summed E-state index contributed by atoms with van der Waals surface area (Å²) < 4.78 is 11.7. The van der Waals surface area contributed by atoms with Crippen molar-refractivity contribution < 1.29 is 14.6 Å². The van der Waals surface area contributed by atoms with Crippen LogP contribution < -0.4 is 10.1 Å². The number of benzene rings is 1. The Labute approximate surface area is 116 Å². The topological polar surface area (TPSA) is 50.7 Å². The van der Waals surface area contributed by atoms with E-state index in [0.29, 0.717) is 13.2 Å². The molecular weight excluding hydrogens is 298 g/mol. The number of nitrogens with one attached hydrogen (secondary N) is 1. The maximum absolute atomic E-state index is 9.02. The van der Waals surface area contributed by atoms with Crippen molar-refractivity contribution in [2.45, 2.75) is 19.6 Å². The van der Waals surface area contributed by atoms with Gasteiger partial charge in [-0.15, -0.1) is 0 Å². The highest BCUT2D eigenvalue weighted by Gasteiger charge is 2.08. The van der Waals surface area contributed by atoms with Crippen molar-refractivity contribution in [2.75, 3.05) is 26.9 Å². The van der Waals surface area contributed by atoms with Gasteiger partial charge in [0.2, 0.25) is 0 Å². The number of methoxy groups -OCH3 is 1. The van der Waals surface area contributed by atoms with Crippen LogP contribution in [0.1, 0.15) is 12.5 Å². The second-order valence-electron chi connectivity index (χ2n) is 4.03. The third-order valence-electron chi connectivity index (χ3n) is 2.41. The van der Waals surface area contributed by atoms with Gasteiger partial charge in [0.1, 0.15) is 11.9 Å². The van der Waals surface area contributed by atoms with E-state index < -0.39 is 0 Å². The normalized spacial score (nSPS) is 12.4. The minimum absolute atomic E-state index is 0.00655. The zero-order valence-electron chi connectivity index (χ0n) is 10.8. The Balaban J connectivity index is 2.64. The Morgan fingerprint density at radius 1 is 1.44 bits per heavy atom. The molecule has 1 aromatic rings. The van der Waals surface area contributed by atoms with E-state index in [0.717, 1.165) is 22.3 Å². The summed E-state index contributed by atoms with van der Waals surface area (Å²) in [4.78, 5) is 0. The summed E-state index contributed by atoms with van der Waals surface area (Å²) in [6.07, 6.45) is -0.205. The molecule has 0 saturated heterocycles. The summed E-state index contributed by atoms with van der Waals surface area (Å²) in [7, 11) is 1.68. The quantitative estimate of drug-likeness (QED) is 0.719. The van der Waals surface area contributed by atoms with Crippen molar-refractivity contribution in [1.82, 2.24) is 5.32 Å². The van der Waals surface area contributed by atoms with E-state index in [2.05, 4.69) is 21.2 Å². The second-order valence-corrected chi connectivity index (χ2v) is 4.95. The van der Waals surface area contributed by atoms with Crippen molar-refractivity contribution in [1.29, 1.82) is 0 Å². The van der Waals surface area contributed by atoms with E-state index in [1.165, 1.54) is 0 Å². The molecule has 1 aromatic carbocycles. The molecule has 4 nitrogen and oxygen atoms in total. The first-order chi connectivity index (χ1) is 8.67. The Bertz CT molecular complexity index is 360. The smallest absolute Gasteiger partial charge is 0.124 e. The first-order valence-corrected chi connectivity index (χ1v) is 6.72. The minimum atomic E-state index is -0.205. The molecule has 0 aliphatic carbocycles. The molecule has 0 aliphatic rings. The fraction of sp³-hybridized carbons (Fsp3) is 0.538. The van der Waals surface area contributed by atoms with Crippen LogP contribution in [0, 0.1) is 0 Å². The molecule has 1 rings (SSSR count). The highest BCUT2D eigenvalue weighted by Crippen LogP contribution is 2.24. The van der Waals surface area contributed by atoms with Gasteiger partial charge in [0.05, 0.1) is 13.2 Å². The molecule has 102 valence electrons. The number of hydrogen-bond donors (Lipinski definition) is 2. The van der Waals surface area contributed by atoms with E-state index >= 15 is 0 Å². The van der Waals surface area contributed by atoms with Crippen molar-refractivity contribution in [2.24, 2.45) is 0 Å². The van der Waals surface area contributed by atoms with Gasteiger partial charge >= 0.3 is 0 Å². The molecule has 0 aromatic heterocycles. The average molecular weight is 318 g/mol. The van der Waals surface area contributed by atoms with Crippen LogP contribution in [0.25, 0.3) is 0 Å². The number of aliphatic hydroxyl groups is 1. The molecule has 0 heterocycles. The zero-order chi connectivity index (χ0) is 13.4. The molecule has 1 atom stereocenters. The van der Waals surface area contributed by atoms with Gasteiger partial charge in [0, 0.05) is 30.2 Å². The van der Waals surface area contributed by atoms with Gasteiger partial charge < -0.3 is 19.9 Å². The minimum Gasteiger partial charge on any atom is -0.488 e.